The number of hydrogen-bond acceptors (Lipinski definition) is 5. The molecule has 1 heterocycles. The number of carbonyl (C=O) groups excluding carboxylic acids is 1. The predicted octanol–water partition coefficient (Wildman–Crippen LogP) is 3.45. The van der Waals surface area contributed by atoms with Gasteiger partial charge >= 0.3 is 0 Å². The Balaban J connectivity index is 1.88. The van der Waals surface area contributed by atoms with Gasteiger partial charge < -0.3 is 14.8 Å². The van der Waals surface area contributed by atoms with E-state index in [1.807, 2.05) is 67.7 Å². The van der Waals surface area contributed by atoms with Crippen LogP contribution < -0.4 is 15.1 Å². The number of nitrogens with one attached hydrogen (secondary N) is 1. The first kappa shape index (κ1) is 15.8. The summed E-state index contributed by atoms with van der Waals surface area (Å²) in [6.45, 7) is 1.90. The second-order valence-electron chi connectivity index (χ2n) is 5.39. The monoisotopic (exact) mass is 321 g/mol. The summed E-state index contributed by atoms with van der Waals surface area (Å²) in [5.74, 6) is 0.740. The van der Waals surface area contributed by atoms with E-state index in [9.17, 15) is 4.79 Å². The molecular formula is C19H19N3O2. The van der Waals surface area contributed by atoms with Gasteiger partial charge in [-0.25, -0.2) is 0 Å². The number of para-hydroxylation sites is 3. The number of benzene rings is 2. The number of hydrogen-bond donors (Lipinski definition) is 1. The van der Waals surface area contributed by atoms with E-state index >= 15 is 0 Å². The molecule has 24 heavy (non-hydrogen) atoms. The maximum atomic E-state index is 11.7. The van der Waals surface area contributed by atoms with Crippen LogP contribution in [-0.4, -0.2) is 25.1 Å². The number of nitrogens with zero attached hydrogens (tertiary/aromatic N) is 2. The molecule has 5 nitrogen and oxygen atoms in total. The van der Waals surface area contributed by atoms with E-state index < -0.39 is 6.04 Å². The van der Waals surface area contributed by atoms with Crippen molar-refractivity contribution in [1.29, 1.82) is 0 Å². The van der Waals surface area contributed by atoms with Gasteiger partial charge in [0.15, 0.2) is 0 Å². The third-order valence-corrected chi connectivity index (χ3v) is 3.90. The van der Waals surface area contributed by atoms with Crippen molar-refractivity contribution in [2.24, 2.45) is 5.10 Å². The molecule has 1 N–H and O–H groups in total. The average molecular weight is 321 g/mol. The molecule has 3 rings (SSSR count). The fourth-order valence-corrected chi connectivity index (χ4v) is 2.67. The molecule has 1 aliphatic rings. The number of methoxy groups -OCH3 is 1. The summed E-state index contributed by atoms with van der Waals surface area (Å²) < 4.78 is 5.33. The van der Waals surface area contributed by atoms with Crippen molar-refractivity contribution in [3.63, 3.8) is 0 Å². The molecule has 1 aliphatic heterocycles. The minimum Gasteiger partial charge on any atom is -0.495 e. The van der Waals surface area contributed by atoms with E-state index in [0.717, 1.165) is 34.7 Å². The van der Waals surface area contributed by atoms with Crippen LogP contribution in [0.3, 0.4) is 0 Å². The van der Waals surface area contributed by atoms with Crippen LogP contribution in [0.25, 0.3) is 0 Å². The number of rotatable bonds is 5. The predicted molar refractivity (Wildman–Crippen MR) is 96.6 cm³/mol. The maximum Gasteiger partial charge on any atom is 0.149 e. The fraction of sp³-hybridized carbons (Fsp3) is 0.158. The van der Waals surface area contributed by atoms with Crippen LogP contribution in [0.5, 0.6) is 5.75 Å². The van der Waals surface area contributed by atoms with Crippen LogP contribution in [0.2, 0.25) is 0 Å². The quantitative estimate of drug-likeness (QED) is 0.857. The first-order chi connectivity index (χ1) is 11.7. The zero-order valence-corrected chi connectivity index (χ0v) is 13.6. The van der Waals surface area contributed by atoms with Crippen molar-refractivity contribution in [1.82, 2.24) is 0 Å². The second-order valence-corrected chi connectivity index (χ2v) is 5.39. The van der Waals surface area contributed by atoms with Crippen LogP contribution in [-0.2, 0) is 4.79 Å². The van der Waals surface area contributed by atoms with Crippen molar-refractivity contribution in [3.8, 4) is 5.75 Å². The smallest absolute Gasteiger partial charge is 0.149 e. The first-order valence-corrected chi connectivity index (χ1v) is 7.69. The Labute approximate surface area is 141 Å². The summed E-state index contributed by atoms with van der Waals surface area (Å²) >= 11 is 0. The van der Waals surface area contributed by atoms with Crippen molar-refractivity contribution in [2.45, 2.75) is 13.0 Å². The third-order valence-electron chi connectivity index (χ3n) is 3.90. The standard InChI is InChI=1S/C19H19N3O2/c1-14-16(12-20-17-10-6-7-11-19(17)24-2)18(13-23)22(21-14)15-8-4-3-5-9-15/h3-13,18,20H,1-2H3. The van der Waals surface area contributed by atoms with E-state index in [0.29, 0.717) is 0 Å². The lowest BCUT2D eigenvalue weighted by Crippen LogP contribution is -2.29. The minimum absolute atomic E-state index is 0.449. The van der Waals surface area contributed by atoms with Gasteiger partial charge in [0.2, 0.25) is 0 Å². The largest absolute Gasteiger partial charge is 0.495 e. The van der Waals surface area contributed by atoms with Crippen LogP contribution in [0.15, 0.2) is 71.5 Å². The van der Waals surface area contributed by atoms with Crippen LogP contribution in [0, 0.1) is 0 Å². The maximum absolute atomic E-state index is 11.7. The number of aldehydes is 1. The van der Waals surface area contributed by atoms with Gasteiger partial charge in [0.25, 0.3) is 0 Å². The van der Waals surface area contributed by atoms with Gasteiger partial charge in [-0.05, 0) is 31.2 Å². The number of ether oxygens (including phenoxy) is 1. The van der Waals surface area contributed by atoms with E-state index in [1.54, 1.807) is 12.1 Å². The average Bonchev–Trinajstić information content (AvgIpc) is 2.96. The summed E-state index contributed by atoms with van der Waals surface area (Å²) in [4.78, 5) is 11.7. The Kier molecular flexibility index (Phi) is 4.61. The highest BCUT2D eigenvalue weighted by Crippen LogP contribution is 2.28. The molecule has 0 fully saturated rings. The van der Waals surface area contributed by atoms with Crippen molar-refractivity contribution < 1.29 is 9.53 Å². The number of anilines is 2. The molecule has 0 aromatic heterocycles. The molecular weight excluding hydrogens is 302 g/mol. The lowest BCUT2D eigenvalue weighted by atomic mass is 10.1. The Bertz CT molecular complexity index is 784. The highest BCUT2D eigenvalue weighted by molar-refractivity contribution is 6.07. The molecule has 1 unspecified atom stereocenters. The van der Waals surface area contributed by atoms with Gasteiger partial charge in [-0.15, -0.1) is 0 Å². The van der Waals surface area contributed by atoms with Crippen molar-refractivity contribution in [3.05, 3.63) is 66.4 Å². The summed E-state index contributed by atoms with van der Waals surface area (Å²) in [5.41, 5.74) is 3.36. The molecule has 2 aromatic rings. The van der Waals surface area contributed by atoms with Gasteiger partial charge in [0.05, 0.1) is 24.2 Å². The zero-order valence-electron chi connectivity index (χ0n) is 13.6. The van der Waals surface area contributed by atoms with Crippen LogP contribution in [0.1, 0.15) is 6.92 Å². The lowest BCUT2D eigenvalue weighted by Gasteiger charge is -2.19. The number of carbonyl (C=O) groups is 1. The van der Waals surface area contributed by atoms with Crippen LogP contribution in [0.4, 0.5) is 11.4 Å². The zero-order chi connectivity index (χ0) is 16.9. The Morgan fingerprint density at radius 2 is 1.83 bits per heavy atom. The van der Waals surface area contributed by atoms with Gasteiger partial charge in [-0.2, -0.15) is 5.10 Å². The molecule has 0 bridgehead atoms. The Morgan fingerprint density at radius 1 is 1.12 bits per heavy atom. The van der Waals surface area contributed by atoms with Gasteiger partial charge in [-0.3, -0.25) is 5.01 Å². The Hall–Kier alpha value is -3.08. The van der Waals surface area contributed by atoms with E-state index in [1.165, 1.54) is 0 Å². The summed E-state index contributed by atoms with van der Waals surface area (Å²) in [7, 11) is 1.63. The lowest BCUT2D eigenvalue weighted by molar-refractivity contribution is -0.108. The van der Waals surface area contributed by atoms with Gasteiger partial charge in [-0.1, -0.05) is 30.3 Å². The second kappa shape index (κ2) is 7.00. The molecule has 122 valence electrons. The molecule has 0 spiro atoms. The van der Waals surface area contributed by atoms with Crippen molar-refractivity contribution >= 4 is 23.4 Å². The normalized spacial score (nSPS) is 18.4. The molecule has 5 heteroatoms. The van der Waals surface area contributed by atoms with Crippen molar-refractivity contribution in [2.75, 3.05) is 17.4 Å². The molecule has 0 radical (unpaired) electrons. The first-order valence-electron chi connectivity index (χ1n) is 7.69. The molecule has 1 atom stereocenters. The molecule has 2 aromatic carbocycles. The third kappa shape index (κ3) is 3.01. The van der Waals surface area contributed by atoms with E-state index in [4.69, 9.17) is 4.74 Å². The summed E-state index contributed by atoms with van der Waals surface area (Å²) in [6, 6.07) is 16.8. The van der Waals surface area contributed by atoms with Gasteiger partial charge in [0.1, 0.15) is 18.1 Å². The fourth-order valence-electron chi connectivity index (χ4n) is 2.67. The van der Waals surface area contributed by atoms with Gasteiger partial charge in [0, 0.05) is 11.8 Å². The SMILES string of the molecule is COc1ccccc1NC=C1C(C)=NN(c2ccccc2)C1C=O. The highest BCUT2D eigenvalue weighted by atomic mass is 16.5. The van der Waals surface area contributed by atoms with E-state index in [-0.39, 0.29) is 0 Å². The molecule has 0 saturated carbocycles. The molecule has 0 saturated heterocycles. The topological polar surface area (TPSA) is 53.9 Å². The highest BCUT2D eigenvalue weighted by Gasteiger charge is 2.30. The van der Waals surface area contributed by atoms with Crippen LogP contribution >= 0.6 is 0 Å². The number of hydrazone groups is 1. The Morgan fingerprint density at radius 3 is 2.54 bits per heavy atom. The summed E-state index contributed by atoms with van der Waals surface area (Å²) in [5, 5.41) is 9.48. The van der Waals surface area contributed by atoms with E-state index in [2.05, 4.69) is 10.4 Å². The molecule has 0 aliphatic carbocycles. The summed E-state index contributed by atoms with van der Waals surface area (Å²) in [6.07, 6.45) is 2.72. The molecule has 0 amide bonds. The minimum atomic E-state index is -0.449.